The number of carbonyl (C=O) groups is 4. The van der Waals surface area contributed by atoms with E-state index in [1.54, 1.807) is 51.3 Å². The van der Waals surface area contributed by atoms with Crippen molar-refractivity contribution >= 4 is 23.9 Å². The maximum Gasteiger partial charge on any atom is 0.323 e. The smallest absolute Gasteiger partial charge is 0.323 e. The van der Waals surface area contributed by atoms with E-state index in [2.05, 4.69) is 5.32 Å². The van der Waals surface area contributed by atoms with Crippen molar-refractivity contribution in [3.8, 4) is 0 Å². The molecule has 1 N–H and O–H groups in total. The van der Waals surface area contributed by atoms with Gasteiger partial charge in [0.2, 0.25) is 0 Å². The van der Waals surface area contributed by atoms with Crippen molar-refractivity contribution in [3.63, 3.8) is 0 Å². The highest BCUT2D eigenvalue weighted by atomic mass is 16.6. The molecule has 2 rings (SSSR count). The number of hydrogen-bond donors (Lipinski definition) is 1. The Morgan fingerprint density at radius 3 is 1.12 bits per heavy atom. The van der Waals surface area contributed by atoms with Crippen LogP contribution in [0.5, 0.6) is 0 Å². The van der Waals surface area contributed by atoms with Crippen LogP contribution in [0.1, 0.15) is 95.9 Å². The molecule has 0 amide bonds. The molecule has 2 aliphatic heterocycles. The topological polar surface area (TPSA) is 124 Å². The second-order valence-electron chi connectivity index (χ2n) is 15.2. The molecule has 0 spiro atoms. The largest absolute Gasteiger partial charge is 0.459 e. The second kappa shape index (κ2) is 13.0. The third-order valence-corrected chi connectivity index (χ3v) is 6.14. The van der Waals surface area contributed by atoms with Crippen molar-refractivity contribution in [2.45, 2.75) is 142 Å². The van der Waals surface area contributed by atoms with Gasteiger partial charge in [-0.05, 0) is 95.9 Å². The quantitative estimate of drug-likeness (QED) is 0.335. The highest BCUT2D eigenvalue weighted by Crippen LogP contribution is 2.26. The highest BCUT2D eigenvalue weighted by Gasteiger charge is 2.45. The average Bonchev–Trinajstić information content (AvgIpc) is 3.26. The number of likely N-dealkylation sites (tertiary alicyclic amines) is 2. The van der Waals surface area contributed by atoms with Crippen LogP contribution in [0.15, 0.2) is 0 Å². The summed E-state index contributed by atoms with van der Waals surface area (Å²) in [6.45, 7) is 22.4. The van der Waals surface area contributed by atoms with E-state index < -0.39 is 58.4 Å². The Kier molecular flexibility index (Phi) is 11.0. The fourth-order valence-corrected chi connectivity index (χ4v) is 5.04. The van der Waals surface area contributed by atoms with E-state index >= 15 is 0 Å². The maximum absolute atomic E-state index is 13.1. The summed E-state index contributed by atoms with van der Waals surface area (Å²) in [4.78, 5) is 55.1. The van der Waals surface area contributed by atoms with Crippen LogP contribution in [0.4, 0.5) is 0 Å². The first-order valence-electron chi connectivity index (χ1n) is 14.5. The van der Waals surface area contributed by atoms with E-state index in [9.17, 15) is 19.2 Å². The van der Waals surface area contributed by atoms with Crippen LogP contribution in [-0.4, -0.2) is 106 Å². The molecular weight excluding hydrogens is 530 g/mol. The van der Waals surface area contributed by atoms with Gasteiger partial charge in [-0.15, -0.1) is 0 Å². The molecule has 236 valence electrons. The average molecular weight is 584 g/mol. The predicted octanol–water partition coefficient (Wildman–Crippen LogP) is 2.83. The Bertz CT molecular complexity index is 879. The molecule has 0 radical (unpaired) electrons. The summed E-state index contributed by atoms with van der Waals surface area (Å²) in [7, 11) is 0. The second-order valence-corrected chi connectivity index (χ2v) is 15.2. The number of esters is 4. The van der Waals surface area contributed by atoms with Gasteiger partial charge in [0.15, 0.2) is 0 Å². The number of nitrogens with one attached hydrogen (secondary N) is 1. The zero-order valence-electron chi connectivity index (χ0n) is 27.2. The predicted molar refractivity (Wildman–Crippen MR) is 154 cm³/mol. The van der Waals surface area contributed by atoms with Gasteiger partial charge in [0.05, 0.1) is 13.1 Å². The van der Waals surface area contributed by atoms with Crippen LogP contribution in [0.25, 0.3) is 0 Å². The molecule has 0 bridgehead atoms. The van der Waals surface area contributed by atoms with Crippen LogP contribution in [0, 0.1) is 0 Å². The first-order chi connectivity index (χ1) is 18.4. The summed E-state index contributed by atoms with van der Waals surface area (Å²) in [5.41, 5.74) is -2.63. The van der Waals surface area contributed by atoms with Crippen molar-refractivity contribution in [1.29, 1.82) is 0 Å². The Balaban J connectivity index is 2.18. The van der Waals surface area contributed by atoms with Crippen molar-refractivity contribution in [1.82, 2.24) is 15.1 Å². The molecule has 0 aromatic carbocycles. The minimum absolute atomic E-state index is 0.0463. The van der Waals surface area contributed by atoms with Gasteiger partial charge in [0, 0.05) is 25.2 Å². The SMILES string of the molecule is CC(C)(C)OC(=O)CN1C[C@@H](N[C@H]2C[C@@H](C(=O)OC(C)(C)C)N(CC(=O)OC(C)(C)C)C2)C[C@@H]1C(=O)OC(C)(C)C. The number of nitrogens with zero attached hydrogens (tertiary/aromatic N) is 2. The van der Waals surface area contributed by atoms with E-state index in [-0.39, 0.29) is 25.2 Å². The lowest BCUT2D eigenvalue weighted by atomic mass is 10.1. The molecule has 2 heterocycles. The highest BCUT2D eigenvalue weighted by molar-refractivity contribution is 5.79. The number of carbonyl (C=O) groups excluding carboxylic acids is 4. The summed E-state index contributed by atoms with van der Waals surface area (Å²) in [5.74, 6) is -1.62. The van der Waals surface area contributed by atoms with Crippen LogP contribution >= 0.6 is 0 Å². The lowest BCUT2D eigenvalue weighted by Crippen LogP contribution is -2.45. The Hall–Kier alpha value is -2.24. The molecule has 4 atom stereocenters. The van der Waals surface area contributed by atoms with Crippen LogP contribution in [0.2, 0.25) is 0 Å². The zero-order chi connectivity index (χ0) is 31.6. The summed E-state index contributed by atoms with van der Waals surface area (Å²) >= 11 is 0. The van der Waals surface area contributed by atoms with Gasteiger partial charge < -0.3 is 24.3 Å². The standard InChI is InChI=1S/C30H53N3O8/c1-27(2,3)38-23(34)17-32-15-19(13-21(32)25(36)40-29(7,8)9)31-20-14-22(26(37)41-30(10,11)12)33(16-20)18-24(35)39-28(4,5)6/h19-22,31H,13-18H2,1-12H3/t19-,20-,21-,22+/m0/s1. The van der Waals surface area contributed by atoms with E-state index in [0.717, 1.165) is 0 Å². The minimum Gasteiger partial charge on any atom is -0.459 e. The summed E-state index contributed by atoms with van der Waals surface area (Å²) < 4.78 is 22.3. The maximum atomic E-state index is 13.1. The molecular formula is C30H53N3O8. The lowest BCUT2D eigenvalue weighted by molar-refractivity contribution is -0.165. The molecule has 2 saturated heterocycles. The van der Waals surface area contributed by atoms with Gasteiger partial charge in [-0.2, -0.15) is 0 Å². The van der Waals surface area contributed by atoms with Crippen molar-refractivity contribution in [2.75, 3.05) is 26.2 Å². The van der Waals surface area contributed by atoms with Gasteiger partial charge in [-0.25, -0.2) is 0 Å². The molecule has 2 fully saturated rings. The van der Waals surface area contributed by atoms with Gasteiger partial charge >= 0.3 is 23.9 Å². The van der Waals surface area contributed by atoms with E-state index in [4.69, 9.17) is 18.9 Å². The molecule has 0 aromatic heterocycles. The monoisotopic (exact) mass is 583 g/mol. The molecule has 0 saturated carbocycles. The van der Waals surface area contributed by atoms with Crippen molar-refractivity contribution in [2.24, 2.45) is 0 Å². The number of rotatable bonds is 8. The molecule has 41 heavy (non-hydrogen) atoms. The summed E-state index contributed by atoms with van der Waals surface area (Å²) in [6.07, 6.45) is 0.856. The molecule has 11 nitrogen and oxygen atoms in total. The molecule has 0 aromatic rings. The fourth-order valence-electron chi connectivity index (χ4n) is 5.04. The fraction of sp³-hybridized carbons (Fsp3) is 0.867. The summed E-state index contributed by atoms with van der Waals surface area (Å²) in [6, 6.07) is -1.55. The van der Waals surface area contributed by atoms with Crippen LogP contribution < -0.4 is 5.32 Å². The Morgan fingerprint density at radius 1 is 0.561 bits per heavy atom. The van der Waals surface area contributed by atoms with Crippen LogP contribution in [-0.2, 0) is 38.1 Å². The van der Waals surface area contributed by atoms with Gasteiger partial charge in [0.25, 0.3) is 0 Å². The van der Waals surface area contributed by atoms with E-state index in [0.29, 0.717) is 25.9 Å². The van der Waals surface area contributed by atoms with Crippen molar-refractivity contribution in [3.05, 3.63) is 0 Å². The number of hydrogen-bond acceptors (Lipinski definition) is 11. The normalized spacial score (nSPS) is 24.7. The van der Waals surface area contributed by atoms with Gasteiger partial charge in [-0.1, -0.05) is 0 Å². The first-order valence-corrected chi connectivity index (χ1v) is 14.5. The molecule has 0 aliphatic carbocycles. The van der Waals surface area contributed by atoms with Crippen LogP contribution in [0.3, 0.4) is 0 Å². The van der Waals surface area contributed by atoms with E-state index in [1.807, 2.05) is 41.5 Å². The zero-order valence-corrected chi connectivity index (χ0v) is 27.2. The molecule has 11 heteroatoms. The van der Waals surface area contributed by atoms with Crippen molar-refractivity contribution < 1.29 is 38.1 Å². The van der Waals surface area contributed by atoms with E-state index in [1.165, 1.54) is 0 Å². The minimum atomic E-state index is -0.672. The Morgan fingerprint density at radius 2 is 0.854 bits per heavy atom. The third kappa shape index (κ3) is 12.7. The summed E-state index contributed by atoms with van der Waals surface area (Å²) in [5, 5.41) is 3.57. The Labute approximate surface area is 245 Å². The molecule has 2 aliphatic rings. The first kappa shape index (κ1) is 35.0. The van der Waals surface area contributed by atoms with Gasteiger partial charge in [0.1, 0.15) is 34.5 Å². The third-order valence-electron chi connectivity index (χ3n) is 6.14. The number of ether oxygens (including phenoxy) is 4. The lowest BCUT2D eigenvalue weighted by Gasteiger charge is -2.27. The van der Waals surface area contributed by atoms with Gasteiger partial charge in [-0.3, -0.25) is 29.0 Å². The molecule has 0 unspecified atom stereocenters.